The van der Waals surface area contributed by atoms with Crippen LogP contribution in [0.3, 0.4) is 0 Å². The third kappa shape index (κ3) is 26.1. The van der Waals surface area contributed by atoms with Crippen molar-refractivity contribution >= 4 is 18.0 Å². The first-order valence-corrected chi connectivity index (χ1v) is 8.62. The number of nitrogens with one attached hydrogen (secondary N) is 1. The number of carbonyl (C=O) groups excluding carboxylic acids is 3. The zero-order valence-electron chi connectivity index (χ0n) is 15.7. The summed E-state index contributed by atoms with van der Waals surface area (Å²) in [5.41, 5.74) is 0. The van der Waals surface area contributed by atoms with Gasteiger partial charge in [-0.05, 0) is 13.3 Å². The lowest BCUT2D eigenvalue weighted by atomic mass is 10.0. The number of rotatable bonds is 11. The number of esters is 2. The van der Waals surface area contributed by atoms with Crippen LogP contribution in [0.5, 0.6) is 0 Å². The highest BCUT2D eigenvalue weighted by Crippen LogP contribution is 2.14. The summed E-state index contributed by atoms with van der Waals surface area (Å²) in [4.78, 5) is 34.1. The topological polar surface area (TPSA) is 111 Å². The Morgan fingerprint density at radius 3 is 1.84 bits per heavy atom. The lowest BCUT2D eigenvalue weighted by Gasteiger charge is -2.23. The van der Waals surface area contributed by atoms with Gasteiger partial charge >= 0.3 is 18.0 Å². The van der Waals surface area contributed by atoms with Crippen molar-refractivity contribution < 1.29 is 33.7 Å². The minimum Gasteiger partial charge on any atom is -0.464 e. The van der Waals surface area contributed by atoms with Gasteiger partial charge in [-0.1, -0.05) is 65.3 Å². The number of hydrogen-bond acceptors (Lipinski definition) is 7. The Morgan fingerprint density at radius 1 is 0.903 bits per heavy atom. The predicted molar refractivity (Wildman–Crippen MR) is 131 cm³/mol. The van der Waals surface area contributed by atoms with Crippen LogP contribution >= 0.6 is 0 Å². The second-order valence-electron chi connectivity index (χ2n) is 6.23. The number of carbonyl (C=O) groups is 3. The molecule has 0 radical (unpaired) electrons. The van der Waals surface area contributed by atoms with Crippen LogP contribution in [0.2, 0.25) is 0 Å². The maximum atomic E-state index is 11.7. The summed E-state index contributed by atoms with van der Waals surface area (Å²) in [7, 11) is 0. The van der Waals surface area contributed by atoms with E-state index in [0.29, 0.717) is 6.42 Å². The summed E-state index contributed by atoms with van der Waals surface area (Å²) in [6.07, 6.45) is -1.15. The number of hydrogen-bond donors (Lipinski definition) is 2. The Balaban J connectivity index is -0.000000192. The largest absolute Gasteiger partial charge is 0.464 e. The van der Waals surface area contributed by atoms with Crippen LogP contribution in [0.1, 0.15) is 98.4 Å². The molecule has 0 saturated heterocycles. The van der Waals surface area contributed by atoms with Crippen molar-refractivity contribution in [2.75, 3.05) is 13.2 Å². The molecule has 1 amide bonds. The van der Waals surface area contributed by atoms with Crippen LogP contribution < -0.4 is 5.32 Å². The van der Waals surface area contributed by atoms with Crippen molar-refractivity contribution in [3.05, 3.63) is 0 Å². The van der Waals surface area contributed by atoms with E-state index in [4.69, 9.17) is 14.2 Å². The molecule has 2 N–H and O–H groups in total. The van der Waals surface area contributed by atoms with Crippen LogP contribution in [-0.4, -0.2) is 54.6 Å². The molecule has 8 heteroatoms. The lowest BCUT2D eigenvalue weighted by Crippen LogP contribution is -2.33. The highest BCUT2D eigenvalue weighted by Gasteiger charge is 2.21. The van der Waals surface area contributed by atoms with Crippen LogP contribution in [0.4, 0.5) is 4.79 Å². The fourth-order valence-corrected chi connectivity index (χ4v) is 2.01. The van der Waals surface area contributed by atoms with Crippen LogP contribution in [0, 0.1) is 5.92 Å². The fourth-order valence-electron chi connectivity index (χ4n) is 2.01. The zero-order valence-corrected chi connectivity index (χ0v) is 15.7. The first-order valence-electron chi connectivity index (χ1n) is 8.62. The Bertz CT molecular complexity index is 428. The van der Waals surface area contributed by atoms with Crippen molar-refractivity contribution in [2.24, 2.45) is 5.92 Å². The maximum absolute atomic E-state index is 11.7. The van der Waals surface area contributed by atoms with Crippen molar-refractivity contribution in [3.8, 4) is 0 Å². The van der Waals surface area contributed by atoms with Crippen molar-refractivity contribution in [3.63, 3.8) is 0 Å². The van der Waals surface area contributed by atoms with Gasteiger partial charge in [-0.2, -0.15) is 0 Å². The quantitative estimate of drug-likeness (QED) is 0.236. The molecule has 0 saturated carbocycles. The van der Waals surface area contributed by atoms with Gasteiger partial charge in [0.2, 0.25) is 0 Å². The highest BCUT2D eigenvalue weighted by molar-refractivity contribution is 5.71. The summed E-state index contributed by atoms with van der Waals surface area (Å²) in [5, 5.41) is 12.2. The maximum Gasteiger partial charge on any atom is 0.407 e. The molecule has 0 heterocycles. The van der Waals surface area contributed by atoms with Crippen molar-refractivity contribution in [1.29, 1.82) is 0 Å². The minimum absolute atomic E-state index is 0. The Labute approximate surface area is 193 Å². The summed E-state index contributed by atoms with van der Waals surface area (Å²) < 4.78 is 15.3. The van der Waals surface area contributed by atoms with E-state index in [9.17, 15) is 19.5 Å². The molecule has 0 aromatic carbocycles. The van der Waals surface area contributed by atoms with E-state index in [2.05, 4.69) is 5.32 Å². The molecule has 0 rings (SSSR count). The van der Waals surface area contributed by atoms with Crippen LogP contribution in [0.15, 0.2) is 0 Å². The first kappa shape index (κ1) is 47.1. The Kier molecular flexibility index (Phi) is 39.8. The van der Waals surface area contributed by atoms with Gasteiger partial charge in [-0.25, -0.2) is 4.79 Å². The third-order valence-corrected chi connectivity index (χ3v) is 3.33. The molecule has 0 fully saturated rings. The molecule has 3 atom stereocenters. The third-order valence-electron chi connectivity index (χ3n) is 3.33. The molecule has 0 aromatic heterocycles. The van der Waals surface area contributed by atoms with Crippen molar-refractivity contribution in [2.45, 2.75) is 117 Å². The van der Waals surface area contributed by atoms with E-state index in [1.165, 1.54) is 6.92 Å². The second-order valence-corrected chi connectivity index (χ2v) is 6.23. The number of alkyl carbamates (subject to hydrolysis) is 1. The summed E-state index contributed by atoms with van der Waals surface area (Å²) in [5.74, 6) is -0.997. The predicted octanol–water partition coefficient (Wildman–Crippen LogP) is 5.60. The number of ether oxygens (including phenoxy) is 3. The second kappa shape index (κ2) is 26.2. The molecular formula is C23H55NO7. The summed E-state index contributed by atoms with van der Waals surface area (Å²) >= 11 is 0. The SMILES string of the molecule is C.C.C.C.C.C.CCC(O)CC(CC(C)OC(=O)NCCOC(=O)C(C)C)OC(C)=O. The van der Waals surface area contributed by atoms with Gasteiger partial charge in [0, 0.05) is 19.8 Å². The standard InChI is InChI=1S/C17H31NO7.6CH4/c1-6-14(20)10-15(25-13(5)19)9-12(4)24-17(22)18-7-8-23-16(21)11(2)3;;;;;;/h11-12,14-15,20H,6-10H2,1-5H3,(H,18,22);6*1H4. The van der Waals surface area contributed by atoms with E-state index >= 15 is 0 Å². The molecule has 0 bridgehead atoms. The number of amides is 1. The fraction of sp³-hybridized carbons (Fsp3) is 0.870. The van der Waals surface area contributed by atoms with Gasteiger partial charge < -0.3 is 24.6 Å². The molecule has 0 aliphatic carbocycles. The molecule has 0 aromatic rings. The average molecular weight is 458 g/mol. The normalized spacial score (nSPS) is 11.6. The smallest absolute Gasteiger partial charge is 0.407 e. The number of aliphatic hydroxyl groups excluding tert-OH is 1. The minimum atomic E-state index is -0.647. The first-order chi connectivity index (χ1) is 11.6. The number of aliphatic hydroxyl groups is 1. The monoisotopic (exact) mass is 457 g/mol. The molecule has 8 nitrogen and oxygen atoms in total. The van der Waals surface area contributed by atoms with E-state index < -0.39 is 30.4 Å². The molecule has 0 aliphatic heterocycles. The van der Waals surface area contributed by atoms with Gasteiger partial charge in [-0.15, -0.1) is 0 Å². The van der Waals surface area contributed by atoms with Gasteiger partial charge in [0.05, 0.1) is 18.6 Å². The molecule has 3 unspecified atom stereocenters. The molecule has 194 valence electrons. The van der Waals surface area contributed by atoms with Crippen molar-refractivity contribution in [1.82, 2.24) is 5.32 Å². The molecule has 31 heavy (non-hydrogen) atoms. The van der Waals surface area contributed by atoms with E-state index in [1.807, 2.05) is 6.92 Å². The Morgan fingerprint density at radius 2 is 1.42 bits per heavy atom. The molecule has 0 spiro atoms. The average Bonchev–Trinajstić information content (AvgIpc) is 2.49. The van der Waals surface area contributed by atoms with Gasteiger partial charge in [0.1, 0.15) is 18.8 Å². The lowest BCUT2D eigenvalue weighted by molar-refractivity contribution is -0.149. The summed E-state index contributed by atoms with van der Waals surface area (Å²) in [6.45, 7) is 8.46. The molecule has 0 aliphatic rings. The van der Waals surface area contributed by atoms with Gasteiger partial charge in [0.25, 0.3) is 0 Å². The van der Waals surface area contributed by atoms with Crippen LogP contribution in [0.25, 0.3) is 0 Å². The van der Waals surface area contributed by atoms with Gasteiger partial charge in [0.15, 0.2) is 0 Å². The van der Waals surface area contributed by atoms with E-state index in [1.54, 1.807) is 20.8 Å². The van der Waals surface area contributed by atoms with E-state index in [0.717, 1.165) is 0 Å². The van der Waals surface area contributed by atoms with E-state index in [-0.39, 0.29) is 82.4 Å². The summed E-state index contributed by atoms with van der Waals surface area (Å²) in [6, 6.07) is 0. The Hall–Kier alpha value is -1.83. The van der Waals surface area contributed by atoms with Gasteiger partial charge in [-0.3, -0.25) is 9.59 Å². The molecular weight excluding hydrogens is 402 g/mol. The highest BCUT2D eigenvalue weighted by atomic mass is 16.6. The zero-order chi connectivity index (χ0) is 19.4. The van der Waals surface area contributed by atoms with Crippen LogP contribution in [-0.2, 0) is 23.8 Å².